The highest BCUT2D eigenvalue weighted by atomic mass is 19.4. The van der Waals surface area contributed by atoms with Crippen molar-refractivity contribution in [3.8, 4) is 11.3 Å². The quantitative estimate of drug-likeness (QED) is 0.566. The molecular weight excluding hydrogens is 477 g/mol. The first-order chi connectivity index (χ1) is 16.5. The number of aliphatic hydroxyl groups is 1. The van der Waals surface area contributed by atoms with Crippen molar-refractivity contribution >= 4 is 28.8 Å². The number of hydrogen-bond donors (Lipinski definition) is 2. The van der Waals surface area contributed by atoms with Gasteiger partial charge in [-0.15, -0.1) is 0 Å². The van der Waals surface area contributed by atoms with E-state index in [1.165, 1.54) is 16.7 Å². The molecule has 9 nitrogen and oxygen atoms in total. The van der Waals surface area contributed by atoms with Gasteiger partial charge in [-0.3, -0.25) is 9.59 Å². The molecule has 2 amide bonds. The smallest absolute Gasteiger partial charge is 0.386 e. The second kappa shape index (κ2) is 8.19. The topological polar surface area (TPSA) is 117 Å². The van der Waals surface area contributed by atoms with Crippen LogP contribution in [0.2, 0.25) is 0 Å². The van der Waals surface area contributed by atoms with Gasteiger partial charge in [-0.2, -0.15) is 18.3 Å². The summed E-state index contributed by atoms with van der Waals surface area (Å²) >= 11 is 0. The number of piperazine rings is 1. The van der Waals surface area contributed by atoms with Crippen molar-refractivity contribution in [2.75, 3.05) is 23.7 Å². The van der Waals surface area contributed by atoms with Crippen molar-refractivity contribution in [1.82, 2.24) is 19.5 Å². The van der Waals surface area contributed by atoms with Gasteiger partial charge in [0.25, 0.3) is 5.91 Å². The van der Waals surface area contributed by atoms with Crippen molar-refractivity contribution in [2.45, 2.75) is 51.9 Å². The van der Waals surface area contributed by atoms with Gasteiger partial charge in [-0.05, 0) is 39.8 Å². The number of hydrogen-bond acceptors (Lipinski definition) is 6. The predicted molar refractivity (Wildman–Crippen MR) is 127 cm³/mol. The molecule has 1 aliphatic heterocycles. The maximum atomic E-state index is 13.8. The van der Waals surface area contributed by atoms with Crippen LogP contribution in [0.25, 0.3) is 16.8 Å². The van der Waals surface area contributed by atoms with Gasteiger partial charge < -0.3 is 20.6 Å². The Morgan fingerprint density at radius 3 is 2.39 bits per heavy atom. The van der Waals surface area contributed by atoms with Gasteiger partial charge in [0.1, 0.15) is 17.4 Å². The molecule has 0 radical (unpaired) electrons. The Morgan fingerprint density at radius 1 is 1.14 bits per heavy atom. The Labute approximate surface area is 205 Å². The molecular formula is C24H27F3N6O3. The molecule has 0 bridgehead atoms. The van der Waals surface area contributed by atoms with E-state index in [1.54, 1.807) is 45.9 Å². The van der Waals surface area contributed by atoms with Crippen LogP contribution in [0.15, 0.2) is 30.6 Å². The third-order valence-electron chi connectivity index (χ3n) is 6.50. The van der Waals surface area contributed by atoms with E-state index in [-0.39, 0.29) is 41.9 Å². The summed E-state index contributed by atoms with van der Waals surface area (Å²) in [6, 6.07) is 5.60. The fourth-order valence-corrected chi connectivity index (χ4v) is 4.73. The van der Waals surface area contributed by atoms with Crippen LogP contribution in [0.4, 0.5) is 24.7 Å². The van der Waals surface area contributed by atoms with Crippen LogP contribution in [0, 0.1) is 0 Å². The Kier molecular flexibility index (Phi) is 5.78. The molecule has 1 saturated heterocycles. The number of rotatable bonds is 3. The van der Waals surface area contributed by atoms with E-state index < -0.39 is 22.9 Å². The average molecular weight is 505 g/mol. The van der Waals surface area contributed by atoms with Crippen molar-refractivity contribution in [2.24, 2.45) is 0 Å². The molecule has 0 unspecified atom stereocenters. The number of aromatic nitrogens is 3. The van der Waals surface area contributed by atoms with Gasteiger partial charge in [0.2, 0.25) is 5.91 Å². The zero-order chi connectivity index (χ0) is 26.8. The summed E-state index contributed by atoms with van der Waals surface area (Å²) in [7, 11) is 0. The number of nitrogen functional groups attached to an aromatic ring is 1. The first kappa shape index (κ1) is 25.4. The molecule has 192 valence electrons. The van der Waals surface area contributed by atoms with E-state index in [9.17, 15) is 27.9 Å². The summed E-state index contributed by atoms with van der Waals surface area (Å²) < 4.78 is 42.5. The van der Waals surface area contributed by atoms with Gasteiger partial charge in [-0.1, -0.05) is 12.1 Å². The Hall–Kier alpha value is -3.67. The molecule has 0 aliphatic carbocycles. The van der Waals surface area contributed by atoms with Crippen molar-refractivity contribution < 1.29 is 27.9 Å². The van der Waals surface area contributed by atoms with E-state index >= 15 is 0 Å². The summed E-state index contributed by atoms with van der Waals surface area (Å²) in [5.41, 5.74) is 3.00. The van der Waals surface area contributed by atoms with E-state index in [0.717, 1.165) is 16.9 Å². The number of carbonyl (C=O) groups is 2. The zero-order valence-electron chi connectivity index (χ0n) is 20.5. The number of halogens is 3. The number of alkyl halides is 3. The first-order valence-corrected chi connectivity index (χ1v) is 11.2. The molecule has 0 saturated carbocycles. The Morgan fingerprint density at radius 2 is 1.81 bits per heavy atom. The molecule has 4 rings (SSSR count). The summed E-state index contributed by atoms with van der Waals surface area (Å²) in [5, 5.41) is 14.8. The van der Waals surface area contributed by atoms with Crippen LogP contribution >= 0.6 is 0 Å². The van der Waals surface area contributed by atoms with Gasteiger partial charge in [0, 0.05) is 31.1 Å². The maximum absolute atomic E-state index is 13.8. The molecule has 1 aliphatic rings. The highest BCUT2D eigenvalue weighted by molar-refractivity contribution is 6.03. The number of carbonyl (C=O) groups excluding carboxylic acids is 2. The number of anilines is 2. The first-order valence-electron chi connectivity index (χ1n) is 11.2. The van der Waals surface area contributed by atoms with Crippen LogP contribution in [-0.4, -0.2) is 55.0 Å². The molecule has 1 fully saturated rings. The second-order valence-corrected chi connectivity index (χ2v) is 9.82. The SMILES string of the molecule is CC(=O)N1CCN(c2cc(-c3cc(C(F)(F)F)c4c(N)ncnn34)ccc2C(C)(C)O)C(=O)C1(C)C. The minimum Gasteiger partial charge on any atom is -0.386 e. The normalized spacial score (nSPS) is 16.6. The van der Waals surface area contributed by atoms with Crippen LogP contribution in [0.1, 0.15) is 45.7 Å². The van der Waals surface area contributed by atoms with E-state index in [0.29, 0.717) is 16.8 Å². The molecule has 0 atom stereocenters. The third-order valence-corrected chi connectivity index (χ3v) is 6.50. The monoisotopic (exact) mass is 504 g/mol. The maximum Gasteiger partial charge on any atom is 0.418 e. The van der Waals surface area contributed by atoms with Gasteiger partial charge in [-0.25, -0.2) is 9.50 Å². The van der Waals surface area contributed by atoms with Crippen molar-refractivity contribution in [1.29, 1.82) is 0 Å². The molecule has 3 N–H and O–H groups in total. The highest BCUT2D eigenvalue weighted by Gasteiger charge is 2.45. The number of amides is 2. The highest BCUT2D eigenvalue weighted by Crippen LogP contribution is 2.41. The summed E-state index contributed by atoms with van der Waals surface area (Å²) in [4.78, 5) is 32.3. The average Bonchev–Trinajstić information content (AvgIpc) is 3.16. The van der Waals surface area contributed by atoms with Crippen LogP contribution in [-0.2, 0) is 21.4 Å². The van der Waals surface area contributed by atoms with Crippen molar-refractivity contribution in [3.05, 3.63) is 41.7 Å². The number of nitrogens with two attached hydrogens (primary N) is 1. The largest absolute Gasteiger partial charge is 0.418 e. The molecule has 3 aromatic rings. The standard InChI is InChI=1S/C24H27F3N6O3/c1-13(34)32-9-8-31(21(35)22(32,2)3)18-10-14(6-7-15(18)23(4,5)36)17-11-16(24(25,26)27)19-20(28)29-12-30-33(17)19/h6-7,10-12,36H,8-9H2,1-5H3,(H2,28,29,30). The number of benzene rings is 1. The minimum absolute atomic E-state index is 0.0871. The lowest BCUT2D eigenvalue weighted by Crippen LogP contribution is -2.64. The van der Waals surface area contributed by atoms with Crippen molar-refractivity contribution in [3.63, 3.8) is 0 Å². The van der Waals surface area contributed by atoms with Crippen LogP contribution < -0.4 is 10.6 Å². The van der Waals surface area contributed by atoms with E-state index in [1.807, 2.05) is 0 Å². The van der Waals surface area contributed by atoms with Gasteiger partial charge >= 0.3 is 6.18 Å². The number of fused-ring (bicyclic) bond motifs is 1. The fraction of sp³-hybridized carbons (Fsp3) is 0.417. The van der Waals surface area contributed by atoms with Gasteiger partial charge in [0.15, 0.2) is 5.82 Å². The zero-order valence-corrected chi connectivity index (χ0v) is 20.5. The lowest BCUT2D eigenvalue weighted by molar-refractivity contribution is -0.145. The molecule has 0 spiro atoms. The third kappa shape index (κ3) is 4.04. The molecule has 12 heteroatoms. The fourth-order valence-electron chi connectivity index (χ4n) is 4.73. The summed E-state index contributed by atoms with van der Waals surface area (Å²) in [6.07, 6.45) is -3.65. The lowest BCUT2D eigenvalue weighted by Gasteiger charge is -2.46. The lowest BCUT2D eigenvalue weighted by atomic mass is 9.91. The summed E-state index contributed by atoms with van der Waals surface area (Å²) in [6.45, 7) is 8.15. The van der Waals surface area contributed by atoms with Crippen LogP contribution in [0.5, 0.6) is 0 Å². The molecule has 3 heterocycles. The van der Waals surface area contributed by atoms with Gasteiger partial charge in [0.05, 0.1) is 22.5 Å². The molecule has 1 aromatic carbocycles. The van der Waals surface area contributed by atoms with E-state index in [2.05, 4.69) is 10.1 Å². The second-order valence-electron chi connectivity index (χ2n) is 9.82. The number of nitrogens with zero attached hydrogens (tertiary/aromatic N) is 5. The Bertz CT molecular complexity index is 1370. The van der Waals surface area contributed by atoms with Crippen LogP contribution in [0.3, 0.4) is 0 Å². The Balaban J connectivity index is 1.93. The minimum atomic E-state index is -4.71. The summed E-state index contributed by atoms with van der Waals surface area (Å²) in [5.74, 6) is -0.954. The predicted octanol–water partition coefficient (Wildman–Crippen LogP) is 3.20. The van der Waals surface area contributed by atoms with E-state index in [4.69, 9.17) is 5.73 Å². The molecule has 36 heavy (non-hydrogen) atoms. The molecule has 2 aromatic heterocycles.